The second-order valence-corrected chi connectivity index (χ2v) is 7.92. The molecule has 0 unspecified atom stereocenters. The van der Waals surface area contributed by atoms with Gasteiger partial charge in [-0.05, 0) is 32.6 Å². The maximum atomic E-state index is 12.4. The standard InChI is InChI=1S/C13H22N2O5S/c1-2-21(19,20)14-7-5-10(6-8-14)13(18)15(9-12(16)17)11-3-4-11/h10-11H,2-9H2,1H3,(H,16,17). The Morgan fingerprint density at radius 2 is 1.76 bits per heavy atom. The Balaban J connectivity index is 1.94. The summed E-state index contributed by atoms with van der Waals surface area (Å²) in [5.41, 5.74) is 0. The molecular weight excluding hydrogens is 296 g/mol. The van der Waals surface area contributed by atoms with Crippen LogP contribution in [0.3, 0.4) is 0 Å². The van der Waals surface area contributed by atoms with E-state index in [-0.39, 0.29) is 30.2 Å². The van der Waals surface area contributed by atoms with Gasteiger partial charge in [0.2, 0.25) is 15.9 Å². The van der Waals surface area contributed by atoms with Crippen molar-refractivity contribution in [2.75, 3.05) is 25.4 Å². The smallest absolute Gasteiger partial charge is 0.323 e. The van der Waals surface area contributed by atoms with Crippen LogP contribution >= 0.6 is 0 Å². The summed E-state index contributed by atoms with van der Waals surface area (Å²) >= 11 is 0. The third kappa shape index (κ3) is 3.94. The fourth-order valence-corrected chi connectivity index (χ4v) is 3.85. The number of carbonyl (C=O) groups excluding carboxylic acids is 1. The van der Waals surface area contributed by atoms with Gasteiger partial charge in [0.15, 0.2) is 0 Å². The average Bonchev–Trinajstić information content (AvgIpc) is 3.28. The van der Waals surface area contributed by atoms with E-state index >= 15 is 0 Å². The zero-order valence-electron chi connectivity index (χ0n) is 12.2. The fourth-order valence-electron chi connectivity index (χ4n) is 2.72. The molecule has 0 bridgehead atoms. The van der Waals surface area contributed by atoms with Crippen molar-refractivity contribution < 1.29 is 23.1 Å². The molecule has 1 aliphatic carbocycles. The predicted octanol–water partition coefficient (Wildman–Crippen LogP) is 0.124. The molecule has 1 heterocycles. The van der Waals surface area contributed by atoms with E-state index in [4.69, 9.17) is 5.11 Å². The first-order valence-electron chi connectivity index (χ1n) is 7.35. The van der Waals surface area contributed by atoms with Gasteiger partial charge in [-0.1, -0.05) is 0 Å². The normalized spacial score (nSPS) is 21.2. The number of aliphatic carboxylic acids is 1. The molecule has 0 spiro atoms. The molecule has 1 saturated carbocycles. The van der Waals surface area contributed by atoms with Crippen LogP contribution in [-0.2, 0) is 19.6 Å². The van der Waals surface area contributed by atoms with Gasteiger partial charge in [0.25, 0.3) is 0 Å². The fraction of sp³-hybridized carbons (Fsp3) is 0.846. The predicted molar refractivity (Wildman–Crippen MR) is 76.1 cm³/mol. The second kappa shape index (κ2) is 6.31. The van der Waals surface area contributed by atoms with Crippen molar-refractivity contribution >= 4 is 21.9 Å². The largest absolute Gasteiger partial charge is 0.480 e. The van der Waals surface area contributed by atoms with E-state index in [1.54, 1.807) is 6.92 Å². The monoisotopic (exact) mass is 318 g/mol. The lowest BCUT2D eigenvalue weighted by molar-refractivity contribution is -0.147. The van der Waals surface area contributed by atoms with Gasteiger partial charge in [-0.3, -0.25) is 9.59 Å². The number of amides is 1. The van der Waals surface area contributed by atoms with E-state index in [0.717, 1.165) is 12.8 Å². The number of carboxylic acids is 1. The maximum Gasteiger partial charge on any atom is 0.323 e. The highest BCUT2D eigenvalue weighted by molar-refractivity contribution is 7.89. The first-order valence-corrected chi connectivity index (χ1v) is 8.96. The quantitative estimate of drug-likeness (QED) is 0.751. The summed E-state index contributed by atoms with van der Waals surface area (Å²) in [6, 6.07) is 0.0611. The molecular formula is C13H22N2O5S. The van der Waals surface area contributed by atoms with Crippen molar-refractivity contribution in [3.8, 4) is 0 Å². The van der Waals surface area contributed by atoms with Crippen LogP contribution in [0.1, 0.15) is 32.6 Å². The Kier molecular flexibility index (Phi) is 4.88. The van der Waals surface area contributed by atoms with Crippen LogP contribution in [0, 0.1) is 5.92 Å². The van der Waals surface area contributed by atoms with Gasteiger partial charge in [-0.2, -0.15) is 0 Å². The highest BCUT2D eigenvalue weighted by Gasteiger charge is 2.38. The number of carbonyl (C=O) groups is 2. The maximum absolute atomic E-state index is 12.4. The Hall–Kier alpha value is -1.15. The van der Waals surface area contributed by atoms with Gasteiger partial charge in [0.1, 0.15) is 6.54 Å². The van der Waals surface area contributed by atoms with E-state index < -0.39 is 16.0 Å². The molecule has 0 atom stereocenters. The van der Waals surface area contributed by atoms with Gasteiger partial charge in [-0.25, -0.2) is 12.7 Å². The third-order valence-corrected chi connectivity index (χ3v) is 6.02. The van der Waals surface area contributed by atoms with E-state index in [1.165, 1.54) is 9.21 Å². The molecule has 1 aliphatic heterocycles. The number of carboxylic acid groups (broad SMARTS) is 1. The van der Waals surface area contributed by atoms with Crippen LogP contribution in [0.15, 0.2) is 0 Å². The van der Waals surface area contributed by atoms with Crippen LogP contribution in [0.4, 0.5) is 0 Å². The Labute approximate surface area is 125 Å². The summed E-state index contributed by atoms with van der Waals surface area (Å²) in [6.45, 7) is 2.04. The molecule has 1 N–H and O–H groups in total. The lowest BCUT2D eigenvalue weighted by Crippen LogP contribution is -2.46. The summed E-state index contributed by atoms with van der Waals surface area (Å²) in [5.74, 6) is -1.32. The summed E-state index contributed by atoms with van der Waals surface area (Å²) < 4.78 is 25.0. The average molecular weight is 318 g/mol. The molecule has 0 aromatic carbocycles. The topological polar surface area (TPSA) is 95.0 Å². The van der Waals surface area contributed by atoms with Crippen molar-refractivity contribution in [3.05, 3.63) is 0 Å². The Morgan fingerprint density at radius 1 is 1.19 bits per heavy atom. The SMILES string of the molecule is CCS(=O)(=O)N1CCC(C(=O)N(CC(=O)O)C2CC2)CC1. The van der Waals surface area contributed by atoms with Gasteiger partial charge in [0, 0.05) is 25.0 Å². The lowest BCUT2D eigenvalue weighted by atomic mass is 9.96. The first-order chi connectivity index (χ1) is 9.85. The lowest BCUT2D eigenvalue weighted by Gasteiger charge is -2.33. The third-order valence-electron chi connectivity index (χ3n) is 4.14. The molecule has 7 nitrogen and oxygen atoms in total. The highest BCUT2D eigenvalue weighted by Crippen LogP contribution is 2.30. The molecule has 120 valence electrons. The molecule has 2 rings (SSSR count). The van der Waals surface area contributed by atoms with Gasteiger partial charge < -0.3 is 10.0 Å². The Bertz CT molecular complexity index is 507. The molecule has 0 radical (unpaired) electrons. The minimum atomic E-state index is -3.20. The minimum Gasteiger partial charge on any atom is -0.480 e. The van der Waals surface area contributed by atoms with E-state index in [2.05, 4.69) is 0 Å². The van der Waals surface area contributed by atoms with Gasteiger partial charge >= 0.3 is 5.97 Å². The van der Waals surface area contributed by atoms with Crippen LogP contribution < -0.4 is 0 Å². The van der Waals surface area contributed by atoms with E-state index in [9.17, 15) is 18.0 Å². The van der Waals surface area contributed by atoms with Crippen molar-refractivity contribution in [3.63, 3.8) is 0 Å². The van der Waals surface area contributed by atoms with E-state index in [1.807, 2.05) is 0 Å². The van der Waals surface area contributed by atoms with E-state index in [0.29, 0.717) is 25.9 Å². The molecule has 0 aromatic rings. The molecule has 0 aromatic heterocycles. The van der Waals surface area contributed by atoms with Crippen molar-refractivity contribution in [1.82, 2.24) is 9.21 Å². The number of nitrogens with zero attached hydrogens (tertiary/aromatic N) is 2. The molecule has 8 heteroatoms. The number of hydrogen-bond acceptors (Lipinski definition) is 4. The Morgan fingerprint density at radius 3 is 2.19 bits per heavy atom. The van der Waals surface area contributed by atoms with Crippen LogP contribution in [0.25, 0.3) is 0 Å². The summed E-state index contributed by atoms with van der Waals surface area (Å²) in [7, 11) is -3.20. The summed E-state index contributed by atoms with van der Waals surface area (Å²) in [6.07, 6.45) is 2.67. The molecule has 2 fully saturated rings. The molecule has 21 heavy (non-hydrogen) atoms. The van der Waals surface area contributed by atoms with Crippen molar-refractivity contribution in [1.29, 1.82) is 0 Å². The van der Waals surface area contributed by atoms with Crippen molar-refractivity contribution in [2.24, 2.45) is 5.92 Å². The number of piperidine rings is 1. The summed E-state index contributed by atoms with van der Waals surface area (Å²) in [5, 5.41) is 8.91. The first kappa shape index (κ1) is 16.2. The van der Waals surface area contributed by atoms with Crippen LogP contribution in [0.5, 0.6) is 0 Å². The van der Waals surface area contributed by atoms with Gasteiger partial charge in [-0.15, -0.1) is 0 Å². The number of sulfonamides is 1. The summed E-state index contributed by atoms with van der Waals surface area (Å²) in [4.78, 5) is 24.8. The second-order valence-electron chi connectivity index (χ2n) is 5.66. The number of rotatable bonds is 6. The highest BCUT2D eigenvalue weighted by atomic mass is 32.2. The van der Waals surface area contributed by atoms with Crippen molar-refractivity contribution in [2.45, 2.75) is 38.6 Å². The minimum absolute atomic E-state index is 0.0611. The molecule has 2 aliphatic rings. The zero-order chi connectivity index (χ0) is 15.6. The van der Waals surface area contributed by atoms with Crippen LogP contribution in [0.2, 0.25) is 0 Å². The van der Waals surface area contributed by atoms with Crippen LogP contribution in [-0.4, -0.2) is 66.0 Å². The number of hydrogen-bond donors (Lipinski definition) is 1. The van der Waals surface area contributed by atoms with Gasteiger partial charge in [0.05, 0.1) is 5.75 Å². The zero-order valence-corrected chi connectivity index (χ0v) is 13.0. The molecule has 1 amide bonds. The molecule has 1 saturated heterocycles.